The Labute approximate surface area is 129 Å². The maximum atomic E-state index is 14.3. The third kappa shape index (κ3) is 3.16. The van der Waals surface area contributed by atoms with Crippen molar-refractivity contribution in [2.45, 2.75) is 19.8 Å². The second kappa shape index (κ2) is 6.68. The number of pyridine rings is 1. The van der Waals surface area contributed by atoms with Crippen LogP contribution in [0.25, 0.3) is 0 Å². The van der Waals surface area contributed by atoms with Gasteiger partial charge in [-0.05, 0) is 30.9 Å². The summed E-state index contributed by atoms with van der Waals surface area (Å²) in [7, 11) is 0. The summed E-state index contributed by atoms with van der Waals surface area (Å²) in [5, 5.41) is 3.33. The number of halogens is 1. The highest BCUT2D eigenvalue weighted by molar-refractivity contribution is 5.42. The molecule has 1 aliphatic heterocycles. The van der Waals surface area contributed by atoms with Gasteiger partial charge in [0, 0.05) is 25.8 Å². The summed E-state index contributed by atoms with van der Waals surface area (Å²) in [5.74, 6) is 1.50. The molecule has 0 spiro atoms. The molecular formula is C16H20FN5. The number of aromatic nitrogens is 3. The molecule has 2 aromatic rings. The van der Waals surface area contributed by atoms with Crippen molar-refractivity contribution in [1.29, 1.82) is 0 Å². The fourth-order valence-electron chi connectivity index (χ4n) is 2.77. The quantitative estimate of drug-likeness (QED) is 0.919. The largest absolute Gasteiger partial charge is 0.370 e. The highest BCUT2D eigenvalue weighted by atomic mass is 19.1. The van der Waals surface area contributed by atoms with E-state index in [9.17, 15) is 4.39 Å². The molecule has 6 heteroatoms. The van der Waals surface area contributed by atoms with Gasteiger partial charge in [0.15, 0.2) is 11.6 Å². The topological polar surface area (TPSA) is 53.9 Å². The lowest BCUT2D eigenvalue weighted by Crippen LogP contribution is -2.25. The summed E-state index contributed by atoms with van der Waals surface area (Å²) in [5.41, 5.74) is 0.486. The van der Waals surface area contributed by atoms with Crippen LogP contribution in [-0.4, -0.2) is 34.6 Å². The van der Waals surface area contributed by atoms with E-state index < -0.39 is 0 Å². The second-order valence-corrected chi connectivity index (χ2v) is 5.51. The van der Waals surface area contributed by atoms with Crippen molar-refractivity contribution in [2.24, 2.45) is 5.92 Å². The van der Waals surface area contributed by atoms with E-state index in [0.29, 0.717) is 23.9 Å². The summed E-state index contributed by atoms with van der Waals surface area (Å²) in [4.78, 5) is 14.4. The van der Waals surface area contributed by atoms with Gasteiger partial charge in [0.25, 0.3) is 0 Å². The number of hydrogen-bond acceptors (Lipinski definition) is 5. The molecule has 1 N–H and O–H groups in total. The molecule has 0 bridgehead atoms. The summed E-state index contributed by atoms with van der Waals surface area (Å²) in [6.45, 7) is 4.36. The van der Waals surface area contributed by atoms with Crippen LogP contribution in [0.5, 0.6) is 0 Å². The molecule has 1 fully saturated rings. The van der Waals surface area contributed by atoms with Crippen LogP contribution in [-0.2, 0) is 6.42 Å². The van der Waals surface area contributed by atoms with E-state index in [4.69, 9.17) is 0 Å². The first-order valence-electron chi connectivity index (χ1n) is 7.67. The van der Waals surface area contributed by atoms with Crippen molar-refractivity contribution in [3.8, 4) is 0 Å². The molecule has 0 saturated carbocycles. The fourth-order valence-corrected chi connectivity index (χ4v) is 2.77. The monoisotopic (exact) mass is 301 g/mol. The first kappa shape index (κ1) is 14.7. The van der Waals surface area contributed by atoms with E-state index in [1.165, 1.54) is 6.33 Å². The van der Waals surface area contributed by atoms with Crippen LogP contribution in [0.15, 0.2) is 30.7 Å². The minimum absolute atomic E-state index is 0.275. The van der Waals surface area contributed by atoms with Gasteiger partial charge in [-0.3, -0.25) is 0 Å². The Kier molecular flexibility index (Phi) is 4.46. The molecule has 1 atom stereocenters. The minimum Gasteiger partial charge on any atom is -0.370 e. The molecular weight excluding hydrogens is 281 g/mol. The number of anilines is 2. The molecule has 2 aromatic heterocycles. The van der Waals surface area contributed by atoms with Gasteiger partial charge in [-0.2, -0.15) is 0 Å². The van der Waals surface area contributed by atoms with Crippen molar-refractivity contribution in [3.05, 3.63) is 42.2 Å². The van der Waals surface area contributed by atoms with Gasteiger partial charge in [0.1, 0.15) is 12.1 Å². The van der Waals surface area contributed by atoms with Crippen LogP contribution >= 0.6 is 0 Å². The van der Waals surface area contributed by atoms with E-state index in [1.54, 1.807) is 6.20 Å². The summed E-state index contributed by atoms with van der Waals surface area (Å²) >= 11 is 0. The second-order valence-electron chi connectivity index (χ2n) is 5.51. The molecule has 116 valence electrons. The number of hydrogen-bond donors (Lipinski definition) is 1. The highest BCUT2D eigenvalue weighted by Gasteiger charge is 2.26. The van der Waals surface area contributed by atoms with Gasteiger partial charge in [-0.1, -0.05) is 13.0 Å². The Hall–Kier alpha value is -2.24. The molecule has 0 amide bonds. The molecule has 0 radical (unpaired) electrons. The number of nitrogens with zero attached hydrogens (tertiary/aromatic N) is 4. The molecule has 0 aromatic carbocycles. The van der Waals surface area contributed by atoms with Crippen molar-refractivity contribution in [3.63, 3.8) is 0 Å². The normalized spacial score (nSPS) is 17.7. The summed E-state index contributed by atoms with van der Waals surface area (Å²) in [6, 6.07) is 5.80. The van der Waals surface area contributed by atoms with Crippen LogP contribution in [0, 0.1) is 11.7 Å². The molecule has 1 saturated heterocycles. The maximum absolute atomic E-state index is 14.3. The van der Waals surface area contributed by atoms with Crippen LogP contribution in [0.4, 0.5) is 16.0 Å². The smallest absolute Gasteiger partial charge is 0.187 e. The van der Waals surface area contributed by atoms with E-state index in [-0.39, 0.29) is 5.82 Å². The lowest BCUT2D eigenvalue weighted by atomic mass is 10.1. The average Bonchev–Trinajstić information content (AvgIpc) is 3.03. The zero-order valence-electron chi connectivity index (χ0n) is 12.7. The van der Waals surface area contributed by atoms with Crippen LogP contribution in [0.1, 0.15) is 19.0 Å². The zero-order valence-corrected chi connectivity index (χ0v) is 12.7. The van der Waals surface area contributed by atoms with Crippen molar-refractivity contribution < 1.29 is 4.39 Å². The lowest BCUT2D eigenvalue weighted by molar-refractivity contribution is 0.584. The molecule has 3 rings (SSSR count). The third-order valence-corrected chi connectivity index (χ3v) is 4.00. The van der Waals surface area contributed by atoms with Gasteiger partial charge in [-0.25, -0.2) is 19.3 Å². The predicted octanol–water partition coefficient (Wildman–Crippen LogP) is 2.51. The van der Waals surface area contributed by atoms with E-state index in [1.807, 2.05) is 30.0 Å². The minimum atomic E-state index is -0.275. The maximum Gasteiger partial charge on any atom is 0.187 e. The first-order valence-corrected chi connectivity index (χ1v) is 7.67. The number of nitrogens with one attached hydrogen (secondary N) is 1. The Morgan fingerprint density at radius 2 is 2.23 bits per heavy atom. The molecule has 22 heavy (non-hydrogen) atoms. The molecule has 5 nitrogen and oxygen atoms in total. The van der Waals surface area contributed by atoms with E-state index in [2.05, 4.69) is 20.3 Å². The fraction of sp³-hybridized carbons (Fsp3) is 0.438. The molecule has 3 heterocycles. The van der Waals surface area contributed by atoms with Crippen LogP contribution < -0.4 is 10.2 Å². The molecule has 1 aliphatic rings. The molecule has 1 unspecified atom stereocenters. The number of aryl methyl sites for hydroxylation is 1. The standard InChI is InChI=1S/C16H20FN5/c1-2-13-15(17)16(21-11-20-13)22-8-6-12(10-22)9-19-14-5-3-4-7-18-14/h3-5,7,11-12H,2,6,8-10H2,1H3,(H,18,19). The van der Waals surface area contributed by atoms with E-state index in [0.717, 1.165) is 31.9 Å². The first-order chi connectivity index (χ1) is 10.8. The lowest BCUT2D eigenvalue weighted by Gasteiger charge is -2.19. The Balaban J connectivity index is 1.60. The Bertz CT molecular complexity index is 619. The van der Waals surface area contributed by atoms with Gasteiger partial charge in [-0.15, -0.1) is 0 Å². The average molecular weight is 301 g/mol. The van der Waals surface area contributed by atoms with Crippen LogP contribution in [0.3, 0.4) is 0 Å². The highest BCUT2D eigenvalue weighted by Crippen LogP contribution is 2.25. The van der Waals surface area contributed by atoms with Crippen molar-refractivity contribution in [2.75, 3.05) is 29.9 Å². The van der Waals surface area contributed by atoms with Crippen LogP contribution in [0.2, 0.25) is 0 Å². The number of rotatable bonds is 5. The summed E-state index contributed by atoms with van der Waals surface area (Å²) in [6.07, 6.45) is 4.83. The van der Waals surface area contributed by atoms with Gasteiger partial charge in [0.05, 0.1) is 5.69 Å². The van der Waals surface area contributed by atoms with Gasteiger partial charge < -0.3 is 10.2 Å². The predicted molar refractivity (Wildman–Crippen MR) is 84.4 cm³/mol. The van der Waals surface area contributed by atoms with Crippen molar-refractivity contribution in [1.82, 2.24) is 15.0 Å². The van der Waals surface area contributed by atoms with Gasteiger partial charge >= 0.3 is 0 Å². The van der Waals surface area contributed by atoms with Gasteiger partial charge in [0.2, 0.25) is 0 Å². The van der Waals surface area contributed by atoms with E-state index >= 15 is 0 Å². The Morgan fingerprint density at radius 1 is 1.32 bits per heavy atom. The summed E-state index contributed by atoms with van der Waals surface area (Å²) < 4.78 is 14.3. The Morgan fingerprint density at radius 3 is 3.00 bits per heavy atom. The molecule has 0 aliphatic carbocycles. The SMILES string of the molecule is CCc1ncnc(N2CCC(CNc3ccccn3)C2)c1F. The van der Waals surface area contributed by atoms with Crippen molar-refractivity contribution >= 4 is 11.6 Å². The third-order valence-electron chi connectivity index (χ3n) is 4.00. The zero-order chi connectivity index (χ0) is 15.4.